The first-order chi connectivity index (χ1) is 13.4. The molecule has 4 aromatic rings. The maximum atomic E-state index is 5.89. The Hall–Kier alpha value is -3.14. The Bertz CT molecular complexity index is 1090. The summed E-state index contributed by atoms with van der Waals surface area (Å²) in [5.41, 5.74) is 5.36. The van der Waals surface area contributed by atoms with Crippen molar-refractivity contribution in [2.45, 2.75) is 38.5 Å². The van der Waals surface area contributed by atoms with E-state index in [1.807, 2.05) is 24.3 Å². The largest absolute Gasteiger partial charge is 0.444 e. The molecule has 2 aromatic heterocycles. The molecule has 0 amide bonds. The summed E-state index contributed by atoms with van der Waals surface area (Å²) < 4.78 is 11.8. The lowest BCUT2D eigenvalue weighted by Crippen LogP contribution is -2.20. The van der Waals surface area contributed by atoms with Crippen LogP contribution in [0.4, 0.5) is 0 Å². The lowest BCUT2D eigenvalue weighted by atomic mass is 9.80. The van der Waals surface area contributed by atoms with E-state index in [2.05, 4.69) is 52.0 Å². The van der Waals surface area contributed by atoms with Gasteiger partial charge in [-0.3, -0.25) is 0 Å². The van der Waals surface area contributed by atoms with E-state index in [4.69, 9.17) is 18.8 Å². The summed E-state index contributed by atoms with van der Waals surface area (Å²) in [4.78, 5) is 9.67. The van der Waals surface area contributed by atoms with Gasteiger partial charge in [-0.15, -0.1) is 0 Å². The molecule has 0 saturated carbocycles. The van der Waals surface area contributed by atoms with Crippen molar-refractivity contribution in [1.82, 2.24) is 9.97 Å². The smallest absolute Gasteiger partial charge is 0.226 e. The molecule has 0 N–H and O–H groups in total. The van der Waals surface area contributed by atoms with Crippen LogP contribution in [0.15, 0.2) is 69.9 Å². The van der Waals surface area contributed by atoms with Crippen molar-refractivity contribution in [3.05, 3.63) is 83.6 Å². The van der Waals surface area contributed by atoms with Crippen LogP contribution < -0.4 is 0 Å². The van der Waals surface area contributed by atoms with E-state index in [9.17, 15) is 0 Å². The molecule has 0 radical (unpaired) electrons. The second-order valence-electron chi connectivity index (χ2n) is 8.49. The number of hydrogen-bond acceptors (Lipinski definition) is 4. The highest BCUT2D eigenvalue weighted by Gasteiger charge is 2.31. The van der Waals surface area contributed by atoms with E-state index in [-0.39, 0.29) is 10.8 Å². The molecule has 140 valence electrons. The Morgan fingerprint density at radius 3 is 1.50 bits per heavy atom. The molecule has 4 nitrogen and oxygen atoms in total. The lowest BCUT2D eigenvalue weighted by molar-refractivity contribution is 0.555. The average molecular weight is 370 g/mol. The molecule has 0 spiro atoms. The van der Waals surface area contributed by atoms with Crippen molar-refractivity contribution in [3.8, 4) is 22.9 Å². The Labute approximate surface area is 164 Å². The number of fused-ring (bicyclic) bond motifs is 10. The monoisotopic (exact) mass is 370 g/mol. The molecule has 2 aromatic carbocycles. The summed E-state index contributed by atoms with van der Waals surface area (Å²) in [7, 11) is 0. The molecule has 0 unspecified atom stereocenters. The molecule has 4 heteroatoms. The van der Waals surface area contributed by atoms with Crippen LogP contribution in [0.3, 0.4) is 0 Å². The first-order valence-corrected chi connectivity index (χ1v) is 9.49. The number of benzene rings is 2. The molecule has 8 bridgehead atoms. The molecule has 1 aliphatic rings. The van der Waals surface area contributed by atoms with Gasteiger partial charge in [-0.05, 0) is 35.4 Å². The van der Waals surface area contributed by atoms with Gasteiger partial charge in [0.05, 0.1) is 11.4 Å². The average Bonchev–Trinajstić information content (AvgIpc) is 3.38. The van der Waals surface area contributed by atoms with Crippen molar-refractivity contribution in [2.24, 2.45) is 0 Å². The maximum absolute atomic E-state index is 5.89. The quantitative estimate of drug-likeness (QED) is 0.383. The van der Waals surface area contributed by atoms with Gasteiger partial charge in [0.15, 0.2) is 0 Å². The van der Waals surface area contributed by atoms with Crippen LogP contribution in [-0.2, 0) is 10.8 Å². The van der Waals surface area contributed by atoms with Gasteiger partial charge in [0.1, 0.15) is 12.5 Å². The van der Waals surface area contributed by atoms with Crippen molar-refractivity contribution >= 4 is 0 Å². The van der Waals surface area contributed by atoms with Crippen LogP contribution >= 0.6 is 0 Å². The van der Waals surface area contributed by atoms with Crippen LogP contribution in [0.2, 0.25) is 0 Å². The van der Waals surface area contributed by atoms with Crippen LogP contribution in [0, 0.1) is 0 Å². The summed E-state index contributed by atoms with van der Waals surface area (Å²) in [6, 6.07) is 16.6. The van der Waals surface area contributed by atoms with Gasteiger partial charge < -0.3 is 8.83 Å². The maximum Gasteiger partial charge on any atom is 0.226 e. The first kappa shape index (κ1) is 17.0. The minimum atomic E-state index is -0.311. The van der Waals surface area contributed by atoms with Gasteiger partial charge >= 0.3 is 0 Å². The SMILES string of the molecule is CC1(C)c2cccc(c2)-c2nc(co2)C(C)(C)c2cccc(c2)-c2nc1co2. The predicted molar refractivity (Wildman–Crippen MR) is 108 cm³/mol. The predicted octanol–water partition coefficient (Wildman–Crippen LogP) is 5.96. The molecule has 5 rings (SSSR count). The van der Waals surface area contributed by atoms with Crippen molar-refractivity contribution < 1.29 is 8.83 Å². The Morgan fingerprint density at radius 2 is 1.07 bits per heavy atom. The van der Waals surface area contributed by atoms with Crippen LogP contribution in [0.1, 0.15) is 50.2 Å². The third-order valence-corrected chi connectivity index (χ3v) is 5.95. The summed E-state index contributed by atoms with van der Waals surface area (Å²) in [6.07, 6.45) is 3.53. The molecule has 28 heavy (non-hydrogen) atoms. The van der Waals surface area contributed by atoms with E-state index < -0.39 is 0 Å². The van der Waals surface area contributed by atoms with Crippen molar-refractivity contribution in [1.29, 1.82) is 0 Å². The van der Waals surface area contributed by atoms with Gasteiger partial charge in [-0.1, -0.05) is 52.0 Å². The molecule has 0 aliphatic carbocycles. The number of rotatable bonds is 0. The van der Waals surface area contributed by atoms with Crippen molar-refractivity contribution in [3.63, 3.8) is 0 Å². The zero-order chi connectivity index (χ0) is 19.5. The fraction of sp³-hybridized carbons (Fsp3) is 0.250. The lowest BCUT2D eigenvalue weighted by Gasteiger charge is -2.24. The van der Waals surface area contributed by atoms with Gasteiger partial charge in [-0.2, -0.15) is 0 Å². The van der Waals surface area contributed by atoms with Gasteiger partial charge in [0.25, 0.3) is 0 Å². The number of nitrogens with zero attached hydrogens (tertiary/aromatic N) is 2. The highest BCUT2D eigenvalue weighted by atomic mass is 16.3. The molecule has 0 saturated heterocycles. The van der Waals surface area contributed by atoms with E-state index in [1.165, 1.54) is 0 Å². The van der Waals surface area contributed by atoms with E-state index in [0.717, 1.165) is 33.6 Å². The summed E-state index contributed by atoms with van der Waals surface area (Å²) in [6.45, 7) is 8.61. The van der Waals surface area contributed by atoms with Gasteiger partial charge in [0, 0.05) is 22.0 Å². The van der Waals surface area contributed by atoms with Crippen LogP contribution in [-0.4, -0.2) is 9.97 Å². The Morgan fingerprint density at radius 1 is 0.643 bits per heavy atom. The second kappa shape index (κ2) is 5.68. The molecule has 0 fully saturated rings. The van der Waals surface area contributed by atoms with E-state index >= 15 is 0 Å². The van der Waals surface area contributed by atoms with E-state index in [0.29, 0.717) is 11.8 Å². The third-order valence-electron chi connectivity index (χ3n) is 5.95. The summed E-state index contributed by atoms with van der Waals surface area (Å²) >= 11 is 0. The molecular formula is C24H22N2O2. The second-order valence-corrected chi connectivity index (χ2v) is 8.49. The number of hydrogen-bond donors (Lipinski definition) is 0. The van der Waals surface area contributed by atoms with Crippen molar-refractivity contribution in [2.75, 3.05) is 0 Å². The zero-order valence-corrected chi connectivity index (χ0v) is 16.5. The number of aromatic nitrogens is 2. The minimum Gasteiger partial charge on any atom is -0.444 e. The summed E-state index contributed by atoms with van der Waals surface area (Å²) in [5, 5.41) is 0. The molecule has 0 atom stereocenters. The highest BCUT2D eigenvalue weighted by Crippen LogP contribution is 2.38. The Kier molecular flexibility index (Phi) is 3.45. The fourth-order valence-electron chi connectivity index (χ4n) is 3.76. The highest BCUT2D eigenvalue weighted by molar-refractivity contribution is 5.59. The van der Waals surface area contributed by atoms with Crippen LogP contribution in [0.5, 0.6) is 0 Å². The standard InChI is InChI=1S/C24H22N2O2/c1-23(2)17-9-5-7-15(11-17)22-26-20(14-28-22)24(3,4)18-10-6-8-16(12-18)21-25-19(23)13-27-21/h5-14H,1-4H3. The van der Waals surface area contributed by atoms with Gasteiger partial charge in [-0.25, -0.2) is 9.97 Å². The fourth-order valence-corrected chi connectivity index (χ4v) is 3.76. The first-order valence-electron chi connectivity index (χ1n) is 9.49. The van der Waals surface area contributed by atoms with E-state index in [1.54, 1.807) is 12.5 Å². The zero-order valence-electron chi connectivity index (χ0n) is 16.5. The van der Waals surface area contributed by atoms with Gasteiger partial charge in [0.2, 0.25) is 11.8 Å². The molecule has 3 heterocycles. The topological polar surface area (TPSA) is 52.1 Å². The molecule has 1 aliphatic heterocycles. The van der Waals surface area contributed by atoms with Crippen LogP contribution in [0.25, 0.3) is 22.9 Å². The third kappa shape index (κ3) is 2.44. The number of oxazole rings is 2. The Balaban J connectivity index is 1.82. The minimum absolute atomic E-state index is 0.311. The normalized spacial score (nSPS) is 16.4. The molecular weight excluding hydrogens is 348 g/mol. The summed E-state index contributed by atoms with van der Waals surface area (Å²) in [5.74, 6) is 1.27.